The lowest BCUT2D eigenvalue weighted by Crippen LogP contribution is -2.27. The van der Waals surface area contributed by atoms with E-state index in [1.54, 1.807) is 6.07 Å². The molecule has 0 radical (unpaired) electrons. The number of amides is 3. The summed E-state index contributed by atoms with van der Waals surface area (Å²) in [5, 5.41) is 17.1. The Kier molecular flexibility index (Phi) is 26.2. The van der Waals surface area contributed by atoms with E-state index in [1.807, 2.05) is 193 Å². The Morgan fingerprint density at radius 3 is 1.11 bits per heavy atom. The maximum Gasteiger partial charge on any atom is 0.412 e. The summed E-state index contributed by atoms with van der Waals surface area (Å²) < 4.78 is 15.7. The molecule has 12 nitrogen and oxygen atoms in total. The predicted octanol–water partition coefficient (Wildman–Crippen LogP) is 16.6. The number of anilines is 4. The molecule has 0 saturated carbocycles. The van der Waals surface area contributed by atoms with Crippen LogP contribution in [0.3, 0.4) is 0 Å². The normalized spacial score (nSPS) is 10.7. The lowest BCUT2D eigenvalue weighted by Gasteiger charge is -2.20. The minimum atomic E-state index is -1.44. The summed E-state index contributed by atoms with van der Waals surface area (Å²) in [6.45, 7) is 46.8. The number of hydrogen-bond acceptors (Lipinski definition) is 8. The van der Waals surface area contributed by atoms with Gasteiger partial charge in [0.1, 0.15) is 24.9 Å². The van der Waals surface area contributed by atoms with Crippen LogP contribution in [-0.2, 0) is 14.2 Å². The number of aryl methyl sites for hydroxylation is 5. The summed E-state index contributed by atoms with van der Waals surface area (Å²) >= 11 is 0. The van der Waals surface area contributed by atoms with E-state index in [2.05, 4.69) is 65.8 Å². The molecule has 0 saturated heterocycles. The number of hydrogen-bond donors (Lipinski definition) is 5. The van der Waals surface area contributed by atoms with E-state index in [1.165, 1.54) is 11.1 Å². The summed E-state index contributed by atoms with van der Waals surface area (Å²) in [7, 11) is -1.44. The summed E-state index contributed by atoms with van der Waals surface area (Å²) in [6.07, 6.45) is 9.44. The molecule has 0 heterocycles. The number of rotatable bonds is 4. The highest BCUT2D eigenvalue weighted by molar-refractivity contribution is 6.83. The standard InChI is InChI=1S/C18H27NO2Si.C15H19NO2.C14H21NO2.C10H11N.C10H12O2/c1-13-9-10-16(19-17(20)21-18(3,4)5)14(2)15(13)11-12-22(6,7)8;1-7-12-10(2)8-9-13(11(12)3)16-14(17)18-15(4,5)6;1-9-7-8-12(11(3)10(9)2)15-13(16)17-14(4,5)6;1-4-9-7(2)5-6-10(11)8(9)3;1-6-4-5-9(10(11)12)8(3)7(6)2/h9-10H,1-8H3,(H,19,20);1,8-9H,2-6H3,(H,16,17);7-8H,1-6H3,(H,15,16);1,5-6H,11H2,2-3H3;4-5H,1-3H3,(H,11,12). The molecule has 5 rings (SSSR count). The van der Waals surface area contributed by atoms with Crippen molar-refractivity contribution in [3.05, 3.63) is 150 Å². The van der Waals surface area contributed by atoms with Crippen LogP contribution in [0.1, 0.15) is 156 Å². The number of carbonyl (C=O) groups is 4. The largest absolute Gasteiger partial charge is 0.478 e. The Bertz CT molecular complexity index is 3190. The fraction of sp³-hybridized carbons (Fsp3) is 0.403. The van der Waals surface area contributed by atoms with Crippen LogP contribution in [-0.4, -0.2) is 54.2 Å². The van der Waals surface area contributed by atoms with Gasteiger partial charge in [-0.3, -0.25) is 16.0 Å². The van der Waals surface area contributed by atoms with Crippen molar-refractivity contribution in [1.29, 1.82) is 0 Å². The Hall–Kier alpha value is -7.92. The second-order valence-corrected chi connectivity index (χ2v) is 28.4. The van der Waals surface area contributed by atoms with Crippen molar-refractivity contribution in [2.24, 2.45) is 0 Å². The van der Waals surface area contributed by atoms with Crippen LogP contribution in [0.2, 0.25) is 19.6 Å². The lowest BCUT2D eigenvalue weighted by atomic mass is 9.99. The highest BCUT2D eigenvalue weighted by atomic mass is 28.3. The molecule has 0 aliphatic carbocycles. The number of ether oxygens (including phenoxy) is 3. The lowest BCUT2D eigenvalue weighted by molar-refractivity contribution is 0.0624. The number of carbonyl (C=O) groups excluding carboxylic acids is 3. The third-order valence-corrected chi connectivity index (χ3v) is 13.0. The van der Waals surface area contributed by atoms with E-state index in [4.69, 9.17) is 37.9 Å². The van der Waals surface area contributed by atoms with E-state index in [0.717, 1.165) is 89.4 Å². The van der Waals surface area contributed by atoms with Gasteiger partial charge in [-0.05, 0) is 242 Å². The second-order valence-electron chi connectivity index (χ2n) is 23.7. The van der Waals surface area contributed by atoms with Crippen molar-refractivity contribution in [3.63, 3.8) is 0 Å². The Morgan fingerprint density at radius 2 is 0.762 bits per heavy atom. The van der Waals surface area contributed by atoms with Gasteiger partial charge in [-0.15, -0.1) is 18.4 Å². The summed E-state index contributed by atoms with van der Waals surface area (Å²) in [5.41, 5.74) is 26.4. The smallest absolute Gasteiger partial charge is 0.412 e. The Labute approximate surface area is 480 Å². The Morgan fingerprint density at radius 1 is 0.450 bits per heavy atom. The SMILES string of the molecule is C#Cc1c(C)ccc(N)c1C.C#Cc1c(C)ccc(NC(=O)OC(C)(C)C)c1C.Cc1ccc(C(=O)O)c(C)c1C.Cc1ccc(NC(=O)OC(C)(C)C)c(C)c1C.Cc1ccc(NC(=O)OC(C)(C)C)c(C)c1C#C[Si](C)(C)C. The van der Waals surface area contributed by atoms with E-state index in [-0.39, 0.29) is 0 Å². The number of carboxylic acid groups (broad SMARTS) is 1. The minimum Gasteiger partial charge on any atom is -0.478 e. The maximum atomic E-state index is 11.9. The van der Waals surface area contributed by atoms with E-state index < -0.39 is 49.1 Å². The molecule has 430 valence electrons. The molecule has 0 atom stereocenters. The van der Waals surface area contributed by atoms with Gasteiger partial charge >= 0.3 is 24.2 Å². The fourth-order valence-corrected chi connectivity index (χ4v) is 7.73. The molecule has 3 amide bonds. The molecule has 5 aromatic carbocycles. The fourth-order valence-electron chi connectivity index (χ4n) is 7.23. The average molecular weight is 1110 g/mol. The van der Waals surface area contributed by atoms with Crippen molar-refractivity contribution in [1.82, 2.24) is 0 Å². The molecule has 0 fully saturated rings. The maximum absolute atomic E-state index is 11.9. The highest BCUT2D eigenvalue weighted by Gasteiger charge is 2.20. The van der Waals surface area contributed by atoms with E-state index >= 15 is 0 Å². The van der Waals surface area contributed by atoms with Crippen molar-refractivity contribution >= 4 is 55.1 Å². The van der Waals surface area contributed by atoms with Crippen LogP contribution < -0.4 is 21.7 Å². The van der Waals surface area contributed by atoms with Crippen LogP contribution >= 0.6 is 0 Å². The number of nitrogen functional groups attached to an aromatic ring is 1. The number of nitrogens with one attached hydrogen (secondary N) is 3. The van der Waals surface area contributed by atoms with Crippen molar-refractivity contribution < 1.29 is 38.5 Å². The van der Waals surface area contributed by atoms with Crippen molar-refractivity contribution in [2.75, 3.05) is 21.7 Å². The van der Waals surface area contributed by atoms with Gasteiger partial charge in [0.05, 0.1) is 5.56 Å². The molecule has 6 N–H and O–H groups in total. The van der Waals surface area contributed by atoms with Gasteiger partial charge in [-0.1, -0.05) is 67.7 Å². The van der Waals surface area contributed by atoms with Gasteiger partial charge in [-0.25, -0.2) is 19.2 Å². The zero-order chi connectivity index (χ0) is 62.0. The molecule has 0 aromatic heterocycles. The quantitative estimate of drug-likeness (QED) is 0.0507. The first-order valence-electron chi connectivity index (χ1n) is 26.4. The van der Waals surface area contributed by atoms with E-state index in [0.29, 0.717) is 11.3 Å². The highest BCUT2D eigenvalue weighted by Crippen LogP contribution is 2.26. The van der Waals surface area contributed by atoms with E-state index in [9.17, 15) is 19.2 Å². The first-order valence-corrected chi connectivity index (χ1v) is 29.9. The number of benzene rings is 5. The van der Waals surface area contributed by atoms with Gasteiger partial charge in [0.15, 0.2) is 0 Å². The molecule has 0 bridgehead atoms. The second kappa shape index (κ2) is 29.9. The van der Waals surface area contributed by atoms with Gasteiger partial charge < -0.3 is 25.1 Å². The minimum absolute atomic E-state index is 0.401. The number of aromatic carboxylic acids is 1. The first kappa shape index (κ1) is 70.1. The third kappa shape index (κ3) is 24.0. The monoisotopic (exact) mass is 1110 g/mol. The summed E-state index contributed by atoms with van der Waals surface area (Å²) in [6, 6.07) is 18.8. The van der Waals surface area contributed by atoms with Gasteiger partial charge in [0.25, 0.3) is 0 Å². The molecule has 5 aromatic rings. The molecule has 80 heavy (non-hydrogen) atoms. The molecule has 13 heteroatoms. The predicted molar refractivity (Wildman–Crippen MR) is 336 cm³/mol. The van der Waals surface area contributed by atoms with Gasteiger partial charge in [0.2, 0.25) is 0 Å². The van der Waals surface area contributed by atoms with Crippen LogP contribution in [0.25, 0.3) is 0 Å². The van der Waals surface area contributed by atoms with Crippen LogP contribution in [0.4, 0.5) is 37.1 Å². The summed E-state index contributed by atoms with van der Waals surface area (Å²) in [5.74, 6) is 7.71. The van der Waals surface area contributed by atoms with Gasteiger partial charge in [-0.2, -0.15) is 0 Å². The molecular weight excluding hydrogens is 1020 g/mol. The molecule has 0 unspecified atom stereocenters. The number of nitrogens with two attached hydrogens (primary N) is 1. The molecule has 0 aliphatic heterocycles. The molecule has 0 spiro atoms. The van der Waals surface area contributed by atoms with Gasteiger partial charge in [0, 0.05) is 39.4 Å². The van der Waals surface area contributed by atoms with Crippen LogP contribution in [0.15, 0.2) is 60.7 Å². The van der Waals surface area contributed by atoms with Crippen LogP contribution in [0, 0.1) is 119 Å². The summed E-state index contributed by atoms with van der Waals surface area (Å²) in [4.78, 5) is 45.9. The van der Waals surface area contributed by atoms with Crippen molar-refractivity contribution in [2.45, 2.75) is 182 Å². The zero-order valence-corrected chi connectivity index (χ0v) is 53.3. The third-order valence-electron chi connectivity index (χ3n) is 12.2. The number of carboxylic acids is 1. The first-order chi connectivity index (χ1) is 36.5. The molecule has 0 aliphatic rings. The average Bonchev–Trinajstić information content (AvgIpc) is 3.30. The Balaban J connectivity index is 0.000000510. The molecular formula is C67H90N4O8Si. The topological polar surface area (TPSA) is 178 Å². The van der Waals surface area contributed by atoms with Crippen LogP contribution in [0.5, 0.6) is 0 Å². The zero-order valence-electron chi connectivity index (χ0n) is 52.3. The van der Waals surface area contributed by atoms with Crippen molar-refractivity contribution in [3.8, 4) is 36.2 Å². The number of terminal acetylenes is 2.